The fourth-order valence-electron chi connectivity index (χ4n) is 1.31. The van der Waals surface area contributed by atoms with E-state index in [-0.39, 0.29) is 31.0 Å². The highest BCUT2D eigenvalue weighted by atomic mass is 19.1. The van der Waals surface area contributed by atoms with Crippen molar-refractivity contribution in [2.24, 2.45) is 0 Å². The van der Waals surface area contributed by atoms with Gasteiger partial charge in [0.15, 0.2) is 0 Å². The molecule has 0 heterocycles. The van der Waals surface area contributed by atoms with Crippen LogP contribution >= 0.6 is 0 Å². The second-order valence-electron chi connectivity index (χ2n) is 4.37. The number of carbonyl (C=O) groups excluding carboxylic acids is 1. The number of rotatable bonds is 6. The summed E-state index contributed by atoms with van der Waals surface area (Å²) in [4.78, 5) is 11.4. The van der Waals surface area contributed by atoms with E-state index < -0.39 is 6.10 Å². The minimum absolute atomic E-state index is 0.192. The van der Waals surface area contributed by atoms with Crippen LogP contribution < -0.4 is 15.4 Å². The Bertz CT molecular complexity index is 395. The summed E-state index contributed by atoms with van der Waals surface area (Å²) in [5, 5.41) is 14.2. The van der Waals surface area contributed by atoms with Crippen molar-refractivity contribution in [3.63, 3.8) is 0 Å². The topological polar surface area (TPSA) is 70.6 Å². The second-order valence-corrected chi connectivity index (χ2v) is 4.37. The van der Waals surface area contributed by atoms with E-state index in [0.717, 1.165) is 0 Å². The lowest BCUT2D eigenvalue weighted by atomic mass is 10.3. The Morgan fingerprint density at radius 2 is 2.00 bits per heavy atom. The maximum absolute atomic E-state index is 12.7. The molecule has 0 aromatic heterocycles. The van der Waals surface area contributed by atoms with Gasteiger partial charge in [0.2, 0.25) is 0 Å². The molecule has 0 unspecified atom stereocenters. The van der Waals surface area contributed by atoms with Crippen LogP contribution in [0.5, 0.6) is 5.75 Å². The van der Waals surface area contributed by atoms with Gasteiger partial charge < -0.3 is 20.5 Å². The summed E-state index contributed by atoms with van der Waals surface area (Å²) < 4.78 is 18.1. The molecule has 0 fully saturated rings. The predicted molar refractivity (Wildman–Crippen MR) is 69.6 cm³/mol. The molecule has 2 amide bonds. The molecule has 5 nitrogen and oxygen atoms in total. The average molecular weight is 270 g/mol. The maximum atomic E-state index is 12.7. The molecule has 2 atom stereocenters. The first-order valence-corrected chi connectivity index (χ1v) is 6.08. The molecule has 19 heavy (non-hydrogen) atoms. The highest BCUT2D eigenvalue weighted by Gasteiger charge is 2.08. The smallest absolute Gasteiger partial charge is 0.315 e. The molecular weight excluding hydrogens is 251 g/mol. The Kier molecular flexibility index (Phi) is 6.08. The Morgan fingerprint density at radius 3 is 2.58 bits per heavy atom. The van der Waals surface area contributed by atoms with E-state index >= 15 is 0 Å². The molecule has 3 N–H and O–H groups in total. The van der Waals surface area contributed by atoms with E-state index in [0.29, 0.717) is 5.75 Å². The van der Waals surface area contributed by atoms with Crippen LogP contribution in [0.25, 0.3) is 0 Å². The quantitative estimate of drug-likeness (QED) is 0.729. The van der Waals surface area contributed by atoms with Crippen molar-refractivity contribution in [2.45, 2.75) is 26.0 Å². The summed E-state index contributed by atoms with van der Waals surface area (Å²) in [5.41, 5.74) is 0. The first kappa shape index (κ1) is 15.2. The van der Waals surface area contributed by atoms with Crippen LogP contribution in [0.4, 0.5) is 9.18 Å². The van der Waals surface area contributed by atoms with Crippen molar-refractivity contribution >= 4 is 6.03 Å². The number of nitrogens with one attached hydrogen (secondary N) is 2. The third-order valence-electron chi connectivity index (χ3n) is 2.25. The molecule has 1 rings (SSSR count). The first-order chi connectivity index (χ1) is 8.97. The zero-order valence-corrected chi connectivity index (χ0v) is 11.0. The van der Waals surface area contributed by atoms with Crippen LogP contribution in [-0.4, -0.2) is 36.4 Å². The minimum Gasteiger partial charge on any atom is -0.491 e. The number of amides is 2. The van der Waals surface area contributed by atoms with Crippen molar-refractivity contribution in [3.05, 3.63) is 30.1 Å². The van der Waals surface area contributed by atoms with Gasteiger partial charge in [-0.05, 0) is 38.1 Å². The van der Waals surface area contributed by atoms with Gasteiger partial charge in [-0.2, -0.15) is 0 Å². The Labute approximate surface area is 111 Å². The van der Waals surface area contributed by atoms with E-state index in [1.165, 1.54) is 24.3 Å². The molecule has 0 saturated carbocycles. The lowest BCUT2D eigenvalue weighted by molar-refractivity contribution is 0.185. The number of aliphatic hydroxyl groups is 1. The molecule has 0 bridgehead atoms. The lowest BCUT2D eigenvalue weighted by Crippen LogP contribution is -2.45. The van der Waals surface area contributed by atoms with Crippen molar-refractivity contribution < 1.29 is 19.0 Å². The number of benzene rings is 1. The van der Waals surface area contributed by atoms with E-state index in [2.05, 4.69) is 10.6 Å². The fraction of sp³-hybridized carbons (Fsp3) is 0.462. The summed E-state index contributed by atoms with van der Waals surface area (Å²) in [6, 6.07) is 5.09. The number of halogens is 1. The van der Waals surface area contributed by atoms with Crippen LogP contribution in [-0.2, 0) is 0 Å². The van der Waals surface area contributed by atoms with Crippen molar-refractivity contribution in [2.75, 3.05) is 13.2 Å². The summed E-state index contributed by atoms with van der Waals surface area (Å²) >= 11 is 0. The largest absolute Gasteiger partial charge is 0.491 e. The van der Waals surface area contributed by atoms with Gasteiger partial charge in [0.05, 0.1) is 12.1 Å². The van der Waals surface area contributed by atoms with Crippen LogP contribution in [0.15, 0.2) is 24.3 Å². The minimum atomic E-state index is -0.587. The maximum Gasteiger partial charge on any atom is 0.315 e. The van der Waals surface area contributed by atoms with Gasteiger partial charge in [-0.25, -0.2) is 9.18 Å². The van der Waals surface area contributed by atoms with Crippen LogP contribution in [0, 0.1) is 5.82 Å². The molecule has 106 valence electrons. The Hall–Kier alpha value is -1.82. The SMILES string of the molecule is C[C@H](COc1ccc(F)cc1)NC(=O)NC[C@@H](C)O. The summed E-state index contributed by atoms with van der Waals surface area (Å²) in [7, 11) is 0. The zero-order chi connectivity index (χ0) is 14.3. The van der Waals surface area contributed by atoms with Gasteiger partial charge in [-0.1, -0.05) is 0 Å². The van der Waals surface area contributed by atoms with Crippen LogP contribution in [0.2, 0.25) is 0 Å². The number of hydrogen-bond donors (Lipinski definition) is 3. The van der Waals surface area contributed by atoms with Crippen LogP contribution in [0.1, 0.15) is 13.8 Å². The molecule has 6 heteroatoms. The van der Waals surface area contributed by atoms with Crippen molar-refractivity contribution in [1.82, 2.24) is 10.6 Å². The number of aliphatic hydroxyl groups excluding tert-OH is 1. The first-order valence-electron chi connectivity index (χ1n) is 6.08. The third kappa shape index (κ3) is 6.61. The van der Waals surface area contributed by atoms with Crippen LogP contribution in [0.3, 0.4) is 0 Å². The Morgan fingerprint density at radius 1 is 1.37 bits per heavy atom. The van der Waals surface area contributed by atoms with E-state index in [4.69, 9.17) is 9.84 Å². The number of ether oxygens (including phenoxy) is 1. The van der Waals surface area contributed by atoms with Gasteiger partial charge in [-0.3, -0.25) is 0 Å². The molecule has 0 saturated heterocycles. The third-order valence-corrected chi connectivity index (χ3v) is 2.25. The normalized spacial score (nSPS) is 13.5. The molecule has 0 aliphatic rings. The summed E-state index contributed by atoms with van der Waals surface area (Å²) in [6.07, 6.45) is -0.587. The van der Waals surface area contributed by atoms with E-state index in [9.17, 15) is 9.18 Å². The molecule has 0 aliphatic heterocycles. The molecule has 1 aromatic rings. The van der Waals surface area contributed by atoms with Crippen molar-refractivity contribution in [3.8, 4) is 5.75 Å². The van der Waals surface area contributed by atoms with Gasteiger partial charge in [0.1, 0.15) is 18.2 Å². The van der Waals surface area contributed by atoms with Gasteiger partial charge in [0.25, 0.3) is 0 Å². The number of urea groups is 1. The molecule has 1 aromatic carbocycles. The van der Waals surface area contributed by atoms with Gasteiger partial charge in [-0.15, -0.1) is 0 Å². The van der Waals surface area contributed by atoms with Gasteiger partial charge in [0, 0.05) is 6.54 Å². The molecule has 0 radical (unpaired) electrons. The summed E-state index contributed by atoms with van der Waals surface area (Å²) in [6.45, 7) is 3.83. The number of hydrogen-bond acceptors (Lipinski definition) is 3. The average Bonchev–Trinajstić information content (AvgIpc) is 2.36. The predicted octanol–water partition coefficient (Wildman–Crippen LogP) is 1.27. The van der Waals surface area contributed by atoms with E-state index in [1.807, 2.05) is 0 Å². The second kappa shape index (κ2) is 7.58. The summed E-state index contributed by atoms with van der Waals surface area (Å²) in [5.74, 6) is 0.218. The fourth-order valence-corrected chi connectivity index (χ4v) is 1.31. The number of carbonyl (C=O) groups is 1. The van der Waals surface area contributed by atoms with Gasteiger partial charge >= 0.3 is 6.03 Å². The standard InChI is InChI=1S/C13H19FN2O3/c1-9(16-13(18)15-7-10(2)17)8-19-12-5-3-11(14)4-6-12/h3-6,9-10,17H,7-8H2,1-2H3,(H2,15,16,18)/t9-,10-/m1/s1. The Balaban J connectivity index is 2.25. The molecule has 0 aliphatic carbocycles. The highest BCUT2D eigenvalue weighted by Crippen LogP contribution is 2.11. The molecular formula is C13H19FN2O3. The highest BCUT2D eigenvalue weighted by molar-refractivity contribution is 5.74. The zero-order valence-electron chi connectivity index (χ0n) is 11.0. The monoisotopic (exact) mass is 270 g/mol. The molecule has 0 spiro atoms. The van der Waals surface area contributed by atoms with E-state index in [1.54, 1.807) is 13.8 Å². The van der Waals surface area contributed by atoms with Crippen molar-refractivity contribution in [1.29, 1.82) is 0 Å². The lowest BCUT2D eigenvalue weighted by Gasteiger charge is -2.16.